The molecule has 1 aliphatic carbocycles. The normalized spacial score (nSPS) is 25.3. The molecule has 62 valence electrons. The van der Waals surface area contributed by atoms with Gasteiger partial charge in [0.2, 0.25) is 0 Å². The zero-order chi connectivity index (χ0) is 8.49. The highest BCUT2D eigenvalue weighted by Crippen LogP contribution is 1.93. The maximum atomic E-state index is 2.18. The topological polar surface area (TPSA) is 0 Å². The Labute approximate surface area is 74.3 Å². The van der Waals surface area contributed by atoms with Crippen LogP contribution in [0.3, 0.4) is 0 Å². The van der Waals surface area contributed by atoms with E-state index in [2.05, 4.69) is 36.5 Å². The monoisotopic (exact) mass is 158 g/mol. The van der Waals surface area contributed by atoms with Crippen molar-refractivity contribution in [2.45, 2.75) is 12.8 Å². The minimum atomic E-state index is 1.03. The molecule has 0 amide bonds. The Kier molecular flexibility index (Phi) is 4.70. The lowest BCUT2D eigenvalue weighted by atomic mass is 10.2. The summed E-state index contributed by atoms with van der Waals surface area (Å²) in [6.07, 6.45) is 23.0. The number of hydrogen-bond acceptors (Lipinski definition) is 0. The zero-order valence-corrected chi connectivity index (χ0v) is 7.19. The summed E-state index contributed by atoms with van der Waals surface area (Å²) < 4.78 is 0. The van der Waals surface area contributed by atoms with Crippen molar-refractivity contribution in [3.63, 3.8) is 0 Å². The van der Waals surface area contributed by atoms with Crippen molar-refractivity contribution in [1.29, 1.82) is 0 Å². The van der Waals surface area contributed by atoms with Crippen LogP contribution >= 0.6 is 0 Å². The van der Waals surface area contributed by atoms with Gasteiger partial charge in [0, 0.05) is 0 Å². The predicted molar refractivity (Wildman–Crippen MR) is 54.9 cm³/mol. The van der Waals surface area contributed by atoms with Crippen LogP contribution < -0.4 is 0 Å². The summed E-state index contributed by atoms with van der Waals surface area (Å²) in [6.45, 7) is 0. The van der Waals surface area contributed by atoms with E-state index in [9.17, 15) is 0 Å². The van der Waals surface area contributed by atoms with E-state index in [0.29, 0.717) is 0 Å². The van der Waals surface area contributed by atoms with E-state index in [-0.39, 0.29) is 0 Å². The second kappa shape index (κ2) is 6.41. The van der Waals surface area contributed by atoms with E-state index in [1.165, 1.54) is 0 Å². The molecule has 1 aliphatic rings. The summed E-state index contributed by atoms with van der Waals surface area (Å²) in [5, 5.41) is 0. The van der Waals surface area contributed by atoms with E-state index >= 15 is 0 Å². The fraction of sp³-hybridized carbons (Fsp3) is 0.167. The van der Waals surface area contributed by atoms with E-state index < -0.39 is 0 Å². The maximum Gasteiger partial charge on any atom is -0.0166 e. The molecule has 12 heavy (non-hydrogen) atoms. The number of rotatable bonds is 0. The Morgan fingerprint density at radius 3 is 1.33 bits per heavy atom. The summed E-state index contributed by atoms with van der Waals surface area (Å²) in [7, 11) is 0. The van der Waals surface area contributed by atoms with Crippen LogP contribution in [0.2, 0.25) is 0 Å². The SMILES string of the molecule is C1=C/C=C/C=C\C/C=C\CC=C1. The molecule has 0 fully saturated rings. The van der Waals surface area contributed by atoms with E-state index in [1.54, 1.807) is 0 Å². The van der Waals surface area contributed by atoms with Crippen LogP contribution in [0.25, 0.3) is 0 Å². The summed E-state index contributed by atoms with van der Waals surface area (Å²) >= 11 is 0. The first-order valence-corrected chi connectivity index (χ1v) is 4.30. The fourth-order valence-corrected chi connectivity index (χ4v) is 0.920. The van der Waals surface area contributed by atoms with Gasteiger partial charge in [-0.2, -0.15) is 0 Å². The maximum absolute atomic E-state index is 2.18. The van der Waals surface area contributed by atoms with Crippen molar-refractivity contribution in [3.8, 4) is 0 Å². The molecule has 0 radical (unpaired) electrons. The first kappa shape index (κ1) is 8.79. The number of allylic oxidation sites excluding steroid dienone is 10. The molecule has 0 aromatic rings. The van der Waals surface area contributed by atoms with Gasteiger partial charge in [0.25, 0.3) is 0 Å². The molecule has 0 atom stereocenters. The largest absolute Gasteiger partial charge is 0.0844 e. The molecule has 0 N–H and O–H groups in total. The molecular weight excluding hydrogens is 144 g/mol. The molecule has 0 nitrogen and oxygen atoms in total. The molecule has 0 aromatic carbocycles. The van der Waals surface area contributed by atoms with Crippen molar-refractivity contribution in [2.24, 2.45) is 0 Å². The zero-order valence-electron chi connectivity index (χ0n) is 7.19. The van der Waals surface area contributed by atoms with E-state index in [4.69, 9.17) is 0 Å². The molecule has 0 spiro atoms. The fourth-order valence-electron chi connectivity index (χ4n) is 0.920. The average molecular weight is 158 g/mol. The summed E-state index contributed by atoms with van der Waals surface area (Å²) in [6, 6.07) is 0. The Bertz CT molecular complexity index is 211. The van der Waals surface area contributed by atoms with Crippen LogP contribution in [0.1, 0.15) is 12.8 Å². The van der Waals surface area contributed by atoms with Crippen molar-refractivity contribution in [2.75, 3.05) is 0 Å². The van der Waals surface area contributed by atoms with Crippen molar-refractivity contribution in [1.82, 2.24) is 0 Å². The van der Waals surface area contributed by atoms with Crippen molar-refractivity contribution < 1.29 is 0 Å². The van der Waals surface area contributed by atoms with Gasteiger partial charge in [-0.1, -0.05) is 60.8 Å². The van der Waals surface area contributed by atoms with Gasteiger partial charge in [-0.25, -0.2) is 0 Å². The molecule has 0 bridgehead atoms. The van der Waals surface area contributed by atoms with E-state index in [1.807, 2.05) is 24.3 Å². The van der Waals surface area contributed by atoms with Crippen LogP contribution in [0, 0.1) is 0 Å². The Hall–Kier alpha value is -1.30. The van der Waals surface area contributed by atoms with Gasteiger partial charge < -0.3 is 0 Å². The van der Waals surface area contributed by atoms with Crippen molar-refractivity contribution in [3.05, 3.63) is 60.8 Å². The molecule has 0 saturated carbocycles. The first-order valence-electron chi connectivity index (χ1n) is 4.30. The van der Waals surface area contributed by atoms with Crippen LogP contribution in [0.4, 0.5) is 0 Å². The van der Waals surface area contributed by atoms with Gasteiger partial charge in [0.15, 0.2) is 0 Å². The third-order valence-corrected chi connectivity index (χ3v) is 1.54. The Morgan fingerprint density at radius 1 is 0.417 bits per heavy atom. The second-order valence-electron chi connectivity index (χ2n) is 2.57. The minimum absolute atomic E-state index is 1.03. The van der Waals surface area contributed by atoms with Crippen LogP contribution in [0.15, 0.2) is 60.8 Å². The second-order valence-corrected chi connectivity index (χ2v) is 2.57. The van der Waals surface area contributed by atoms with Crippen LogP contribution in [-0.2, 0) is 0 Å². The quantitative estimate of drug-likeness (QED) is 0.473. The minimum Gasteiger partial charge on any atom is -0.0844 e. The lowest BCUT2D eigenvalue weighted by Gasteiger charge is -1.83. The molecule has 0 aliphatic heterocycles. The van der Waals surface area contributed by atoms with Gasteiger partial charge >= 0.3 is 0 Å². The molecule has 0 heteroatoms. The summed E-state index contributed by atoms with van der Waals surface area (Å²) in [4.78, 5) is 0. The molecule has 0 aromatic heterocycles. The molecular formula is C12H14. The van der Waals surface area contributed by atoms with Gasteiger partial charge in [-0.3, -0.25) is 0 Å². The van der Waals surface area contributed by atoms with Crippen LogP contribution in [-0.4, -0.2) is 0 Å². The Morgan fingerprint density at radius 2 is 0.833 bits per heavy atom. The van der Waals surface area contributed by atoms with Crippen molar-refractivity contribution >= 4 is 0 Å². The van der Waals surface area contributed by atoms with Gasteiger partial charge in [0.05, 0.1) is 0 Å². The van der Waals surface area contributed by atoms with Gasteiger partial charge in [0.1, 0.15) is 0 Å². The molecule has 0 unspecified atom stereocenters. The predicted octanol–water partition coefficient (Wildman–Crippen LogP) is 3.56. The van der Waals surface area contributed by atoms with Gasteiger partial charge in [-0.15, -0.1) is 0 Å². The smallest absolute Gasteiger partial charge is 0.0166 e. The molecule has 1 rings (SSSR count). The first-order chi connectivity index (χ1) is 6.00. The lowest BCUT2D eigenvalue weighted by molar-refractivity contribution is 1.31. The highest BCUT2D eigenvalue weighted by Gasteiger charge is 1.72. The van der Waals surface area contributed by atoms with Gasteiger partial charge in [-0.05, 0) is 12.8 Å². The average Bonchev–Trinajstić information content (AvgIpc) is 2.05. The van der Waals surface area contributed by atoms with Crippen LogP contribution in [0.5, 0.6) is 0 Å². The number of hydrogen-bond donors (Lipinski definition) is 0. The third kappa shape index (κ3) is 4.51. The highest BCUT2D eigenvalue weighted by atomic mass is 13.8. The summed E-state index contributed by atoms with van der Waals surface area (Å²) in [5.74, 6) is 0. The standard InChI is InChI=1S/C12H14/c1-2-4-6-8-10-12-11-9-7-5-3-1/h1-8,11-12H,9-10H2/b3-1+,4-2?,7-5-,8-6?,12-11-. The Balaban J connectivity index is 2.55. The highest BCUT2D eigenvalue weighted by molar-refractivity contribution is 5.16. The third-order valence-electron chi connectivity index (χ3n) is 1.54. The molecule has 0 heterocycles. The van der Waals surface area contributed by atoms with E-state index in [0.717, 1.165) is 12.8 Å². The summed E-state index contributed by atoms with van der Waals surface area (Å²) in [5.41, 5.74) is 0. The molecule has 0 saturated heterocycles. The lowest BCUT2D eigenvalue weighted by Crippen LogP contribution is -1.62.